The Labute approximate surface area is 114 Å². The van der Waals surface area contributed by atoms with Crippen molar-refractivity contribution in [3.63, 3.8) is 0 Å². The summed E-state index contributed by atoms with van der Waals surface area (Å²) in [7, 11) is 0. The van der Waals surface area contributed by atoms with Gasteiger partial charge in [0.05, 0.1) is 6.04 Å². The van der Waals surface area contributed by atoms with Gasteiger partial charge in [0, 0.05) is 18.0 Å². The van der Waals surface area contributed by atoms with Crippen molar-refractivity contribution in [3.8, 4) is 11.4 Å². The summed E-state index contributed by atoms with van der Waals surface area (Å²) >= 11 is 0. The molecule has 0 fully saturated rings. The summed E-state index contributed by atoms with van der Waals surface area (Å²) in [6.45, 7) is 0. The molecule has 1 atom stereocenters. The fourth-order valence-corrected chi connectivity index (χ4v) is 1.87. The molecule has 0 aliphatic carbocycles. The fraction of sp³-hybridized carbons (Fsp3) is 0.0714. The Kier molecular flexibility index (Phi) is 3.22. The second-order valence-corrected chi connectivity index (χ2v) is 4.31. The van der Waals surface area contributed by atoms with Gasteiger partial charge in [-0.05, 0) is 29.8 Å². The molecule has 0 unspecified atom stereocenters. The van der Waals surface area contributed by atoms with Crippen LogP contribution >= 0.6 is 0 Å². The number of H-pyrrole nitrogens is 1. The highest BCUT2D eigenvalue weighted by atomic mass is 19.1. The zero-order valence-corrected chi connectivity index (χ0v) is 10.5. The van der Waals surface area contributed by atoms with Crippen LogP contribution in [0.5, 0.6) is 0 Å². The van der Waals surface area contributed by atoms with Crippen molar-refractivity contribution in [2.45, 2.75) is 6.04 Å². The van der Waals surface area contributed by atoms with Crippen molar-refractivity contribution in [3.05, 3.63) is 66.0 Å². The number of benzene rings is 1. The van der Waals surface area contributed by atoms with E-state index in [4.69, 9.17) is 5.73 Å². The molecule has 2 aromatic heterocycles. The summed E-state index contributed by atoms with van der Waals surface area (Å²) in [5, 5.41) is 6.95. The first-order valence-corrected chi connectivity index (χ1v) is 6.08. The van der Waals surface area contributed by atoms with Gasteiger partial charge in [0.2, 0.25) is 0 Å². The lowest BCUT2D eigenvalue weighted by molar-refractivity contribution is 0.626. The van der Waals surface area contributed by atoms with E-state index in [0.717, 1.165) is 11.1 Å². The summed E-state index contributed by atoms with van der Waals surface area (Å²) in [5.41, 5.74) is 7.71. The van der Waals surface area contributed by atoms with Gasteiger partial charge >= 0.3 is 0 Å². The normalized spacial score (nSPS) is 12.3. The van der Waals surface area contributed by atoms with Crippen molar-refractivity contribution >= 4 is 0 Å². The number of nitrogens with one attached hydrogen (secondary N) is 1. The maximum Gasteiger partial charge on any atom is 0.181 e. The Morgan fingerprint density at radius 2 is 1.75 bits per heavy atom. The Hall–Kier alpha value is -2.60. The number of halogens is 1. The molecule has 0 aliphatic rings. The Morgan fingerprint density at radius 1 is 1.05 bits per heavy atom. The van der Waals surface area contributed by atoms with Gasteiger partial charge < -0.3 is 5.73 Å². The third kappa shape index (κ3) is 2.41. The van der Waals surface area contributed by atoms with Crippen molar-refractivity contribution < 1.29 is 4.39 Å². The molecule has 0 bridgehead atoms. The van der Waals surface area contributed by atoms with Gasteiger partial charge in [-0.15, -0.1) is 0 Å². The first kappa shape index (κ1) is 12.4. The monoisotopic (exact) mass is 269 g/mol. The smallest absolute Gasteiger partial charge is 0.181 e. The molecule has 0 radical (unpaired) electrons. The van der Waals surface area contributed by atoms with Crippen LogP contribution in [0.15, 0.2) is 48.8 Å². The van der Waals surface area contributed by atoms with Crippen molar-refractivity contribution in [1.29, 1.82) is 0 Å². The van der Waals surface area contributed by atoms with Gasteiger partial charge in [-0.25, -0.2) is 9.37 Å². The average molecular weight is 269 g/mol. The minimum atomic E-state index is -0.473. The fourth-order valence-electron chi connectivity index (χ4n) is 1.87. The van der Waals surface area contributed by atoms with Crippen LogP contribution in [-0.4, -0.2) is 20.2 Å². The van der Waals surface area contributed by atoms with Crippen molar-refractivity contribution in [2.24, 2.45) is 5.73 Å². The second kappa shape index (κ2) is 5.18. The highest BCUT2D eigenvalue weighted by Gasteiger charge is 2.14. The van der Waals surface area contributed by atoms with E-state index in [1.165, 1.54) is 12.1 Å². The number of rotatable bonds is 3. The van der Waals surface area contributed by atoms with Crippen molar-refractivity contribution in [2.75, 3.05) is 0 Å². The quantitative estimate of drug-likeness (QED) is 0.762. The first-order valence-electron chi connectivity index (χ1n) is 6.08. The van der Waals surface area contributed by atoms with Crippen LogP contribution in [0, 0.1) is 5.82 Å². The van der Waals surface area contributed by atoms with Crippen LogP contribution in [0.1, 0.15) is 17.4 Å². The average Bonchev–Trinajstić information content (AvgIpc) is 2.98. The van der Waals surface area contributed by atoms with E-state index >= 15 is 0 Å². The zero-order valence-electron chi connectivity index (χ0n) is 10.5. The molecule has 20 heavy (non-hydrogen) atoms. The highest BCUT2D eigenvalue weighted by molar-refractivity contribution is 5.53. The minimum absolute atomic E-state index is 0.295. The minimum Gasteiger partial charge on any atom is -0.318 e. The highest BCUT2D eigenvalue weighted by Crippen LogP contribution is 2.19. The molecule has 3 aromatic rings. The summed E-state index contributed by atoms with van der Waals surface area (Å²) in [5.74, 6) is 0.791. The van der Waals surface area contributed by atoms with E-state index in [1.807, 2.05) is 12.1 Å². The zero-order chi connectivity index (χ0) is 13.9. The van der Waals surface area contributed by atoms with E-state index in [1.54, 1.807) is 24.5 Å². The number of hydrogen-bond acceptors (Lipinski definition) is 4. The lowest BCUT2D eigenvalue weighted by Crippen LogP contribution is -2.13. The van der Waals surface area contributed by atoms with Gasteiger partial charge in [-0.3, -0.25) is 10.1 Å². The summed E-state index contributed by atoms with van der Waals surface area (Å²) in [6.07, 6.45) is 3.34. The molecule has 0 aliphatic heterocycles. The van der Waals surface area contributed by atoms with Crippen LogP contribution in [0.25, 0.3) is 11.4 Å². The molecule has 6 heteroatoms. The molecule has 2 heterocycles. The molecule has 3 rings (SSSR count). The maximum absolute atomic E-state index is 12.9. The molecule has 0 spiro atoms. The van der Waals surface area contributed by atoms with E-state index < -0.39 is 6.04 Å². The van der Waals surface area contributed by atoms with Gasteiger partial charge in [-0.1, -0.05) is 12.1 Å². The maximum atomic E-state index is 12.9. The summed E-state index contributed by atoms with van der Waals surface area (Å²) < 4.78 is 12.9. The van der Waals surface area contributed by atoms with Gasteiger partial charge in [-0.2, -0.15) is 5.10 Å². The number of pyridine rings is 1. The predicted molar refractivity (Wildman–Crippen MR) is 72.0 cm³/mol. The van der Waals surface area contributed by atoms with E-state index in [0.29, 0.717) is 11.6 Å². The van der Waals surface area contributed by atoms with Crippen LogP contribution in [0.4, 0.5) is 4.39 Å². The van der Waals surface area contributed by atoms with Gasteiger partial charge in [0.1, 0.15) is 11.6 Å². The second-order valence-electron chi connectivity index (χ2n) is 4.31. The van der Waals surface area contributed by atoms with Gasteiger partial charge in [0.25, 0.3) is 0 Å². The molecule has 3 N–H and O–H groups in total. The van der Waals surface area contributed by atoms with Gasteiger partial charge in [0.15, 0.2) is 5.82 Å². The SMILES string of the molecule is N[C@H](c1ccc(F)cc1)c1nc(-c2ccncc2)n[nH]1. The third-order valence-corrected chi connectivity index (χ3v) is 2.96. The molecule has 1 aromatic carbocycles. The number of aromatic amines is 1. The number of nitrogens with zero attached hydrogens (tertiary/aromatic N) is 3. The number of hydrogen-bond donors (Lipinski definition) is 2. The molecule has 0 saturated heterocycles. The predicted octanol–water partition coefficient (Wildman–Crippen LogP) is 2.05. The van der Waals surface area contributed by atoms with E-state index in [2.05, 4.69) is 20.2 Å². The molecule has 0 saturated carbocycles. The first-order chi connectivity index (χ1) is 9.74. The number of nitrogens with two attached hydrogens (primary N) is 1. The molecule has 5 nitrogen and oxygen atoms in total. The lowest BCUT2D eigenvalue weighted by atomic mass is 10.1. The molecular weight excluding hydrogens is 257 g/mol. The Bertz CT molecular complexity index is 693. The van der Waals surface area contributed by atoms with Crippen molar-refractivity contribution in [1.82, 2.24) is 20.2 Å². The van der Waals surface area contributed by atoms with Crippen LogP contribution in [0.3, 0.4) is 0 Å². The topological polar surface area (TPSA) is 80.5 Å². The summed E-state index contributed by atoms with van der Waals surface area (Å²) in [6, 6.07) is 9.17. The third-order valence-electron chi connectivity index (χ3n) is 2.96. The Morgan fingerprint density at radius 3 is 2.45 bits per heavy atom. The molecule has 100 valence electrons. The van der Waals surface area contributed by atoms with Crippen LogP contribution < -0.4 is 5.73 Å². The van der Waals surface area contributed by atoms with Crippen LogP contribution in [-0.2, 0) is 0 Å². The van der Waals surface area contributed by atoms with E-state index in [-0.39, 0.29) is 5.82 Å². The lowest BCUT2D eigenvalue weighted by Gasteiger charge is -2.07. The number of aromatic nitrogens is 4. The Balaban J connectivity index is 1.88. The van der Waals surface area contributed by atoms with E-state index in [9.17, 15) is 4.39 Å². The summed E-state index contributed by atoms with van der Waals surface area (Å²) in [4.78, 5) is 8.31. The largest absolute Gasteiger partial charge is 0.318 e. The van der Waals surface area contributed by atoms with Crippen LogP contribution in [0.2, 0.25) is 0 Å². The molecular formula is C14H12FN5. The standard InChI is InChI=1S/C14H12FN5/c15-11-3-1-9(2-4-11)12(16)14-18-13(19-20-14)10-5-7-17-8-6-10/h1-8,12H,16H2,(H,18,19,20)/t12-/m1/s1. The molecule has 0 amide bonds.